The molecule has 0 radical (unpaired) electrons. The van der Waals surface area contributed by atoms with E-state index in [-0.39, 0.29) is 6.09 Å². The van der Waals surface area contributed by atoms with Gasteiger partial charge in [0.1, 0.15) is 5.60 Å². The number of hydrogen-bond donors (Lipinski definition) is 2. The average molecular weight is 212 g/mol. The summed E-state index contributed by atoms with van der Waals surface area (Å²) in [5.41, 5.74) is -0.400. The molecule has 4 nitrogen and oxygen atoms in total. The number of hydrogen-bond acceptors (Lipinski definition) is 3. The van der Waals surface area contributed by atoms with Crippen molar-refractivity contribution in [3.63, 3.8) is 0 Å². The maximum Gasteiger partial charge on any atom is 0.407 e. The number of fused-ring (bicyclic) bond motifs is 1. The van der Waals surface area contributed by atoms with Crippen molar-refractivity contribution < 1.29 is 9.53 Å². The number of amides is 1. The summed E-state index contributed by atoms with van der Waals surface area (Å²) in [7, 11) is 0. The van der Waals surface area contributed by atoms with E-state index in [1.54, 1.807) is 0 Å². The zero-order valence-corrected chi connectivity index (χ0v) is 9.67. The van der Waals surface area contributed by atoms with Gasteiger partial charge < -0.3 is 15.4 Å². The predicted molar refractivity (Wildman–Crippen MR) is 57.6 cm³/mol. The van der Waals surface area contributed by atoms with Gasteiger partial charge in [0.15, 0.2) is 0 Å². The van der Waals surface area contributed by atoms with E-state index < -0.39 is 5.60 Å². The summed E-state index contributed by atoms with van der Waals surface area (Å²) in [6.07, 6.45) is 0.896. The van der Waals surface area contributed by atoms with E-state index in [0.29, 0.717) is 17.9 Å². The molecule has 0 aromatic heterocycles. The fourth-order valence-corrected chi connectivity index (χ4v) is 2.31. The smallest absolute Gasteiger partial charge is 0.407 e. The quantitative estimate of drug-likeness (QED) is 0.685. The van der Waals surface area contributed by atoms with Crippen LogP contribution in [0, 0.1) is 11.8 Å². The van der Waals surface area contributed by atoms with Gasteiger partial charge in [0.25, 0.3) is 0 Å². The van der Waals surface area contributed by atoms with Gasteiger partial charge in [-0.25, -0.2) is 4.79 Å². The number of piperidine rings is 1. The van der Waals surface area contributed by atoms with Gasteiger partial charge in [-0.05, 0) is 45.6 Å². The molecular weight excluding hydrogens is 192 g/mol. The van der Waals surface area contributed by atoms with Crippen molar-refractivity contribution in [3.8, 4) is 0 Å². The molecule has 15 heavy (non-hydrogen) atoms. The number of carbonyl (C=O) groups excluding carboxylic acids is 1. The minimum atomic E-state index is -0.400. The van der Waals surface area contributed by atoms with Crippen molar-refractivity contribution in [1.29, 1.82) is 0 Å². The molecule has 2 rings (SSSR count). The molecule has 1 amide bonds. The van der Waals surface area contributed by atoms with Crippen molar-refractivity contribution in [2.24, 2.45) is 11.8 Å². The summed E-state index contributed by atoms with van der Waals surface area (Å²) in [5, 5.41) is 6.29. The van der Waals surface area contributed by atoms with Crippen LogP contribution in [0.1, 0.15) is 27.2 Å². The molecule has 1 heterocycles. The molecule has 0 spiro atoms. The van der Waals surface area contributed by atoms with E-state index in [2.05, 4.69) is 10.6 Å². The zero-order chi connectivity index (χ0) is 11.1. The highest BCUT2D eigenvalue weighted by Gasteiger charge is 2.51. The molecule has 3 atom stereocenters. The van der Waals surface area contributed by atoms with Gasteiger partial charge in [-0.3, -0.25) is 0 Å². The molecule has 1 aliphatic carbocycles. The minimum absolute atomic E-state index is 0.276. The maximum atomic E-state index is 11.5. The van der Waals surface area contributed by atoms with Gasteiger partial charge in [0.05, 0.1) is 0 Å². The van der Waals surface area contributed by atoms with E-state index in [1.165, 1.54) is 6.42 Å². The highest BCUT2D eigenvalue weighted by atomic mass is 16.6. The first-order valence-electron chi connectivity index (χ1n) is 5.67. The predicted octanol–water partition coefficient (Wildman–Crippen LogP) is 1.12. The standard InChI is InChI=1S/C11H20N2O2/c1-11(2,3)15-10(14)13-9-7-4-5-12-6-8(7)9/h7-9,12H,4-6H2,1-3H3,(H,13,14)/t7-,8?,9+/m1/s1. The molecule has 0 aromatic rings. The van der Waals surface area contributed by atoms with E-state index in [4.69, 9.17) is 4.74 Å². The lowest BCUT2D eigenvalue weighted by molar-refractivity contribution is 0.0519. The second-order valence-corrected chi connectivity index (χ2v) is 5.49. The second kappa shape index (κ2) is 3.67. The lowest BCUT2D eigenvalue weighted by Gasteiger charge is -2.19. The van der Waals surface area contributed by atoms with Crippen molar-refractivity contribution in [2.45, 2.75) is 38.8 Å². The van der Waals surface area contributed by atoms with Crippen LogP contribution in [0.3, 0.4) is 0 Å². The van der Waals surface area contributed by atoms with E-state index in [9.17, 15) is 4.79 Å². The summed E-state index contributed by atoms with van der Waals surface area (Å²) in [5.74, 6) is 1.31. The molecule has 2 aliphatic rings. The first kappa shape index (κ1) is 10.7. The van der Waals surface area contributed by atoms with Crippen LogP contribution in [-0.2, 0) is 4.74 Å². The monoisotopic (exact) mass is 212 g/mol. The number of alkyl carbamates (subject to hydrolysis) is 1. The Kier molecular flexibility index (Phi) is 2.63. The fraction of sp³-hybridized carbons (Fsp3) is 0.909. The highest BCUT2D eigenvalue weighted by Crippen LogP contribution is 2.43. The molecule has 86 valence electrons. The summed E-state index contributed by atoms with van der Waals surface area (Å²) in [6, 6.07) is 0.342. The average Bonchev–Trinajstić information content (AvgIpc) is 2.76. The van der Waals surface area contributed by atoms with Gasteiger partial charge in [0.2, 0.25) is 0 Å². The molecule has 1 saturated carbocycles. The molecule has 4 heteroatoms. The normalized spacial score (nSPS) is 34.2. The summed E-state index contributed by atoms with van der Waals surface area (Å²) in [4.78, 5) is 11.5. The number of rotatable bonds is 1. The zero-order valence-electron chi connectivity index (χ0n) is 9.67. The van der Waals surface area contributed by atoms with E-state index in [1.807, 2.05) is 20.8 Å². The highest BCUT2D eigenvalue weighted by molar-refractivity contribution is 5.68. The lowest BCUT2D eigenvalue weighted by Crippen LogP contribution is -2.35. The number of ether oxygens (including phenoxy) is 1. The Hall–Kier alpha value is -0.770. The maximum absolute atomic E-state index is 11.5. The van der Waals surface area contributed by atoms with Gasteiger partial charge in [0, 0.05) is 12.6 Å². The Morgan fingerprint density at radius 2 is 2.13 bits per heavy atom. The third-order valence-corrected chi connectivity index (χ3v) is 3.05. The molecule has 0 aromatic carbocycles. The van der Waals surface area contributed by atoms with Gasteiger partial charge >= 0.3 is 6.09 Å². The molecule has 0 bridgehead atoms. The molecule has 1 saturated heterocycles. The van der Waals surface area contributed by atoms with Crippen LogP contribution in [0.4, 0.5) is 4.79 Å². The van der Waals surface area contributed by atoms with E-state index >= 15 is 0 Å². The Balaban J connectivity index is 1.76. The van der Waals surface area contributed by atoms with Crippen LogP contribution >= 0.6 is 0 Å². The lowest BCUT2D eigenvalue weighted by atomic mass is 10.2. The Bertz CT molecular complexity index is 248. The van der Waals surface area contributed by atoms with Crippen LogP contribution in [0.25, 0.3) is 0 Å². The Morgan fingerprint density at radius 1 is 1.40 bits per heavy atom. The molecular formula is C11H20N2O2. The topological polar surface area (TPSA) is 50.4 Å². The number of nitrogens with one attached hydrogen (secondary N) is 2. The van der Waals surface area contributed by atoms with Crippen molar-refractivity contribution in [2.75, 3.05) is 13.1 Å². The van der Waals surface area contributed by atoms with E-state index in [0.717, 1.165) is 13.1 Å². The summed E-state index contributed by atoms with van der Waals surface area (Å²) >= 11 is 0. The summed E-state index contributed by atoms with van der Waals surface area (Å²) in [6.45, 7) is 7.76. The van der Waals surface area contributed by atoms with Crippen LogP contribution in [0.15, 0.2) is 0 Å². The molecule has 2 fully saturated rings. The van der Waals surface area contributed by atoms with Crippen molar-refractivity contribution >= 4 is 6.09 Å². The molecule has 1 aliphatic heterocycles. The van der Waals surface area contributed by atoms with Gasteiger partial charge in [-0.1, -0.05) is 0 Å². The molecule has 2 N–H and O–H groups in total. The second-order valence-electron chi connectivity index (χ2n) is 5.49. The van der Waals surface area contributed by atoms with Gasteiger partial charge in [-0.2, -0.15) is 0 Å². The van der Waals surface area contributed by atoms with Crippen molar-refractivity contribution in [1.82, 2.24) is 10.6 Å². The Morgan fingerprint density at radius 3 is 2.67 bits per heavy atom. The number of carbonyl (C=O) groups is 1. The van der Waals surface area contributed by atoms with Crippen LogP contribution in [0.2, 0.25) is 0 Å². The van der Waals surface area contributed by atoms with Crippen molar-refractivity contribution in [3.05, 3.63) is 0 Å². The summed E-state index contributed by atoms with van der Waals surface area (Å²) < 4.78 is 5.22. The minimum Gasteiger partial charge on any atom is -0.444 e. The first-order chi connectivity index (χ1) is 6.97. The first-order valence-corrected chi connectivity index (χ1v) is 5.67. The Labute approximate surface area is 90.8 Å². The third-order valence-electron chi connectivity index (χ3n) is 3.05. The fourth-order valence-electron chi connectivity index (χ4n) is 2.31. The van der Waals surface area contributed by atoms with Crippen LogP contribution in [0.5, 0.6) is 0 Å². The van der Waals surface area contributed by atoms with Gasteiger partial charge in [-0.15, -0.1) is 0 Å². The SMILES string of the molecule is CC(C)(C)OC(=O)N[C@@H]1C2CNCC[C@H]21. The van der Waals surface area contributed by atoms with Crippen LogP contribution in [-0.4, -0.2) is 30.8 Å². The van der Waals surface area contributed by atoms with Crippen LogP contribution < -0.4 is 10.6 Å². The third kappa shape index (κ3) is 2.62. The molecule has 1 unspecified atom stereocenters. The largest absolute Gasteiger partial charge is 0.444 e.